The van der Waals surface area contributed by atoms with Gasteiger partial charge in [0.25, 0.3) is 5.91 Å². The number of hydrogen-bond acceptors (Lipinski definition) is 4. The van der Waals surface area contributed by atoms with Gasteiger partial charge in [0.05, 0.1) is 5.75 Å². The molecule has 1 heterocycles. The molecule has 88 valence electrons. The lowest BCUT2D eigenvalue weighted by molar-refractivity contribution is 0.0951. The Morgan fingerprint density at radius 2 is 2.19 bits per heavy atom. The molecule has 0 aliphatic heterocycles. The molecule has 0 unspecified atom stereocenters. The molecule has 0 aromatic carbocycles. The monoisotopic (exact) mass is 306 g/mol. The normalized spacial score (nSPS) is 11.1. The minimum absolute atomic E-state index is 0.0766. The molecule has 7 heteroatoms. The number of nitrogens with zero attached hydrogens (tertiary/aromatic N) is 1. The molecule has 0 atom stereocenters. The minimum atomic E-state index is -3.05. The van der Waals surface area contributed by atoms with Crippen LogP contribution in [0.3, 0.4) is 0 Å². The summed E-state index contributed by atoms with van der Waals surface area (Å²) in [5.74, 6) is -0.461. The van der Waals surface area contributed by atoms with Crippen molar-refractivity contribution >= 4 is 31.7 Å². The van der Waals surface area contributed by atoms with Crippen molar-refractivity contribution in [1.29, 1.82) is 0 Å². The molecule has 1 aromatic rings. The predicted molar refractivity (Wildman–Crippen MR) is 64.0 cm³/mol. The summed E-state index contributed by atoms with van der Waals surface area (Å²) in [5, 5.41) is 2.48. The van der Waals surface area contributed by atoms with Gasteiger partial charge in [-0.25, -0.2) is 13.4 Å². The maximum Gasteiger partial charge on any atom is 0.269 e. The van der Waals surface area contributed by atoms with Gasteiger partial charge in [-0.1, -0.05) is 6.07 Å². The molecule has 16 heavy (non-hydrogen) atoms. The fourth-order valence-corrected chi connectivity index (χ4v) is 1.79. The Balaban J connectivity index is 2.54. The minimum Gasteiger partial charge on any atom is -0.350 e. The molecule has 1 amide bonds. The topological polar surface area (TPSA) is 76.1 Å². The number of carbonyl (C=O) groups is 1. The Morgan fingerprint density at radius 3 is 2.75 bits per heavy atom. The summed E-state index contributed by atoms with van der Waals surface area (Å²) in [6, 6.07) is 4.94. The molecule has 0 saturated heterocycles. The van der Waals surface area contributed by atoms with Crippen LogP contribution in [0, 0.1) is 0 Å². The van der Waals surface area contributed by atoms with E-state index in [1.807, 2.05) is 0 Å². The highest BCUT2D eigenvalue weighted by Gasteiger charge is 2.08. The van der Waals surface area contributed by atoms with Crippen LogP contribution in [0.2, 0.25) is 0 Å². The number of hydrogen-bond donors (Lipinski definition) is 1. The van der Waals surface area contributed by atoms with Crippen LogP contribution in [0.1, 0.15) is 10.5 Å². The Hall–Kier alpha value is -0.950. The van der Waals surface area contributed by atoms with Crippen LogP contribution >= 0.6 is 15.9 Å². The van der Waals surface area contributed by atoms with Crippen LogP contribution < -0.4 is 5.32 Å². The highest BCUT2D eigenvalue weighted by atomic mass is 79.9. The van der Waals surface area contributed by atoms with Gasteiger partial charge in [0.1, 0.15) is 20.1 Å². The second kappa shape index (κ2) is 5.40. The lowest BCUT2D eigenvalue weighted by Gasteiger charge is -2.03. The zero-order valence-electron chi connectivity index (χ0n) is 8.60. The van der Waals surface area contributed by atoms with E-state index in [-0.39, 0.29) is 23.9 Å². The van der Waals surface area contributed by atoms with E-state index in [0.29, 0.717) is 4.60 Å². The first kappa shape index (κ1) is 13.1. The van der Waals surface area contributed by atoms with Crippen molar-refractivity contribution in [1.82, 2.24) is 10.3 Å². The third-order valence-corrected chi connectivity index (χ3v) is 3.09. The summed E-state index contributed by atoms with van der Waals surface area (Å²) in [6.07, 6.45) is 1.12. The molecule has 0 spiro atoms. The second-order valence-corrected chi connectivity index (χ2v) is 6.30. The van der Waals surface area contributed by atoms with E-state index in [0.717, 1.165) is 6.26 Å². The maximum atomic E-state index is 11.5. The van der Waals surface area contributed by atoms with Gasteiger partial charge in [-0.15, -0.1) is 0 Å². The standard InChI is InChI=1S/C9H11BrN2O3S/c1-16(14,15)6-5-11-9(13)7-3-2-4-8(10)12-7/h2-4H,5-6H2,1H3,(H,11,13). The first-order valence-corrected chi connectivity index (χ1v) is 7.32. The van der Waals surface area contributed by atoms with Gasteiger partial charge >= 0.3 is 0 Å². The largest absolute Gasteiger partial charge is 0.350 e. The number of rotatable bonds is 4. The second-order valence-electron chi connectivity index (χ2n) is 3.23. The average Bonchev–Trinajstić information content (AvgIpc) is 2.15. The summed E-state index contributed by atoms with van der Waals surface area (Å²) >= 11 is 3.14. The number of halogens is 1. The quantitative estimate of drug-likeness (QED) is 0.827. The Labute approximate surface area is 102 Å². The summed E-state index contributed by atoms with van der Waals surface area (Å²) in [7, 11) is -3.05. The third kappa shape index (κ3) is 4.71. The van der Waals surface area contributed by atoms with Gasteiger partial charge in [-0.3, -0.25) is 4.79 Å². The molecular formula is C9H11BrN2O3S. The smallest absolute Gasteiger partial charge is 0.269 e. The number of amides is 1. The molecular weight excluding hydrogens is 296 g/mol. The Kier molecular flexibility index (Phi) is 4.43. The zero-order valence-corrected chi connectivity index (χ0v) is 11.0. The van der Waals surface area contributed by atoms with Crippen molar-refractivity contribution < 1.29 is 13.2 Å². The van der Waals surface area contributed by atoms with E-state index >= 15 is 0 Å². The maximum absolute atomic E-state index is 11.5. The van der Waals surface area contributed by atoms with Crippen molar-refractivity contribution in [2.24, 2.45) is 0 Å². The van der Waals surface area contributed by atoms with Crippen LogP contribution in [-0.2, 0) is 9.84 Å². The molecule has 0 bridgehead atoms. The molecule has 1 aromatic heterocycles. The SMILES string of the molecule is CS(=O)(=O)CCNC(=O)c1cccc(Br)n1. The molecule has 0 saturated carbocycles. The van der Waals surface area contributed by atoms with E-state index in [1.165, 1.54) is 0 Å². The van der Waals surface area contributed by atoms with E-state index in [4.69, 9.17) is 0 Å². The van der Waals surface area contributed by atoms with Gasteiger partial charge in [-0.05, 0) is 28.1 Å². The highest BCUT2D eigenvalue weighted by molar-refractivity contribution is 9.10. The first-order chi connectivity index (χ1) is 7.38. The summed E-state index contributed by atoms with van der Waals surface area (Å²) in [4.78, 5) is 15.4. The van der Waals surface area contributed by atoms with Crippen molar-refractivity contribution in [3.63, 3.8) is 0 Å². The summed E-state index contributed by atoms with van der Waals surface area (Å²) in [6.45, 7) is 0.0891. The molecule has 1 N–H and O–H groups in total. The van der Waals surface area contributed by atoms with Crippen molar-refractivity contribution in [2.75, 3.05) is 18.6 Å². The molecule has 5 nitrogen and oxygen atoms in total. The number of nitrogens with one attached hydrogen (secondary N) is 1. The number of sulfone groups is 1. The fourth-order valence-electron chi connectivity index (χ4n) is 0.975. The summed E-state index contributed by atoms with van der Waals surface area (Å²) in [5.41, 5.74) is 0.253. The number of pyridine rings is 1. The lowest BCUT2D eigenvalue weighted by Crippen LogP contribution is -2.29. The van der Waals surface area contributed by atoms with Gasteiger partial charge in [0, 0.05) is 12.8 Å². The van der Waals surface area contributed by atoms with Crippen molar-refractivity contribution in [3.8, 4) is 0 Å². The van der Waals surface area contributed by atoms with Crippen molar-refractivity contribution in [2.45, 2.75) is 0 Å². The average molecular weight is 307 g/mol. The van der Waals surface area contributed by atoms with Crippen LogP contribution in [0.25, 0.3) is 0 Å². The van der Waals surface area contributed by atoms with E-state index in [9.17, 15) is 13.2 Å². The van der Waals surface area contributed by atoms with Gasteiger partial charge in [-0.2, -0.15) is 0 Å². The van der Waals surface area contributed by atoms with Crippen LogP contribution in [0.5, 0.6) is 0 Å². The highest BCUT2D eigenvalue weighted by Crippen LogP contribution is 2.05. The fraction of sp³-hybridized carbons (Fsp3) is 0.333. The first-order valence-electron chi connectivity index (χ1n) is 4.47. The van der Waals surface area contributed by atoms with Gasteiger partial charge in [0.2, 0.25) is 0 Å². The predicted octanol–water partition coefficient (Wildman–Crippen LogP) is 0.618. The van der Waals surface area contributed by atoms with Gasteiger partial charge in [0.15, 0.2) is 0 Å². The van der Waals surface area contributed by atoms with Gasteiger partial charge < -0.3 is 5.32 Å². The molecule has 0 aliphatic carbocycles. The third-order valence-electron chi connectivity index (χ3n) is 1.71. The lowest BCUT2D eigenvalue weighted by atomic mass is 10.3. The van der Waals surface area contributed by atoms with Crippen LogP contribution in [-0.4, -0.2) is 37.9 Å². The number of carbonyl (C=O) groups excluding carboxylic acids is 1. The van der Waals surface area contributed by atoms with E-state index < -0.39 is 9.84 Å². The van der Waals surface area contributed by atoms with E-state index in [2.05, 4.69) is 26.2 Å². The van der Waals surface area contributed by atoms with Crippen LogP contribution in [0.4, 0.5) is 0 Å². The molecule has 0 radical (unpaired) electrons. The van der Waals surface area contributed by atoms with E-state index in [1.54, 1.807) is 18.2 Å². The molecule has 0 aliphatic rings. The zero-order chi connectivity index (χ0) is 12.2. The van der Waals surface area contributed by atoms with Crippen LogP contribution in [0.15, 0.2) is 22.8 Å². The Bertz CT molecular complexity index is 487. The number of aromatic nitrogens is 1. The van der Waals surface area contributed by atoms with Crippen molar-refractivity contribution in [3.05, 3.63) is 28.5 Å². The molecule has 1 rings (SSSR count). The molecule has 0 fully saturated rings. The Morgan fingerprint density at radius 1 is 1.50 bits per heavy atom. The summed E-state index contributed by atoms with van der Waals surface area (Å²) < 4.78 is 22.2.